The molecule has 0 saturated heterocycles. The van der Waals surface area contributed by atoms with Crippen molar-refractivity contribution in [1.29, 1.82) is 0 Å². The number of carbonyl (C=O) groups is 2. The number of nitrogens with two attached hydrogens (primary N) is 2. The van der Waals surface area contributed by atoms with E-state index >= 15 is 0 Å². The van der Waals surface area contributed by atoms with Gasteiger partial charge in [-0.2, -0.15) is 0 Å². The van der Waals surface area contributed by atoms with Gasteiger partial charge in [0.2, 0.25) is 0 Å². The first-order chi connectivity index (χ1) is 18.0. The van der Waals surface area contributed by atoms with Crippen LogP contribution in [-0.4, -0.2) is 40.9 Å². The first-order valence-corrected chi connectivity index (χ1v) is 12.7. The largest absolute Gasteiger partial charge is 0.444 e. The van der Waals surface area contributed by atoms with Crippen molar-refractivity contribution in [3.05, 3.63) is 95.6 Å². The van der Waals surface area contributed by atoms with E-state index in [4.69, 9.17) is 16.2 Å². The molecule has 0 radical (unpaired) electrons. The highest BCUT2D eigenvalue weighted by Crippen LogP contribution is 2.18. The van der Waals surface area contributed by atoms with Crippen LogP contribution in [0.2, 0.25) is 0 Å². The molecule has 0 aliphatic rings. The van der Waals surface area contributed by atoms with Gasteiger partial charge in [0.15, 0.2) is 0 Å². The van der Waals surface area contributed by atoms with Crippen LogP contribution >= 0.6 is 0 Å². The van der Waals surface area contributed by atoms with E-state index in [9.17, 15) is 14.7 Å². The van der Waals surface area contributed by atoms with Crippen molar-refractivity contribution in [3.63, 3.8) is 0 Å². The number of amides is 2. The Morgan fingerprint density at radius 1 is 0.842 bits per heavy atom. The molecule has 0 aliphatic carbocycles. The van der Waals surface area contributed by atoms with Gasteiger partial charge in [-0.15, -0.1) is 0 Å². The van der Waals surface area contributed by atoms with Gasteiger partial charge < -0.3 is 31.9 Å². The fraction of sp³-hybridized carbons (Fsp3) is 0.333. The standard InChI is InChI=1S/C30H38N4O4/c1-30(2,3)38-29(37)33-23(16-20-10-6-4-7-11-20)19-27(35)26(17-21-12-8-5-9-13-21)34-28(36)22-14-15-24(31)25(32)18-22/h4-15,18,23,26-27,35H,16-17,19,31-32H2,1-3H3,(H,33,37)(H,34,36)/t23-,26-,27-/m0/s1. The van der Waals surface area contributed by atoms with Crippen LogP contribution in [0, 0.1) is 0 Å². The maximum absolute atomic E-state index is 13.1. The van der Waals surface area contributed by atoms with Gasteiger partial charge in [0, 0.05) is 11.6 Å². The summed E-state index contributed by atoms with van der Waals surface area (Å²) >= 11 is 0. The van der Waals surface area contributed by atoms with E-state index in [0.717, 1.165) is 11.1 Å². The number of aliphatic hydroxyl groups is 1. The summed E-state index contributed by atoms with van der Waals surface area (Å²) in [5, 5.41) is 17.3. The summed E-state index contributed by atoms with van der Waals surface area (Å²) in [4.78, 5) is 25.7. The van der Waals surface area contributed by atoms with Crippen molar-refractivity contribution in [3.8, 4) is 0 Å². The van der Waals surface area contributed by atoms with E-state index in [1.807, 2.05) is 60.7 Å². The average molecular weight is 519 g/mol. The lowest BCUT2D eigenvalue weighted by Crippen LogP contribution is -2.49. The molecule has 3 rings (SSSR count). The Morgan fingerprint density at radius 3 is 1.97 bits per heavy atom. The molecule has 0 bridgehead atoms. The van der Waals surface area contributed by atoms with Crippen LogP contribution < -0.4 is 22.1 Å². The minimum Gasteiger partial charge on any atom is -0.444 e. The Kier molecular flexibility index (Phi) is 9.73. The van der Waals surface area contributed by atoms with Gasteiger partial charge >= 0.3 is 6.09 Å². The Morgan fingerprint density at radius 2 is 1.42 bits per heavy atom. The third-order valence-corrected chi connectivity index (χ3v) is 6.00. The van der Waals surface area contributed by atoms with E-state index in [0.29, 0.717) is 29.8 Å². The summed E-state index contributed by atoms with van der Waals surface area (Å²) in [6, 6.07) is 22.9. The third-order valence-electron chi connectivity index (χ3n) is 6.00. The minimum absolute atomic E-state index is 0.190. The molecule has 0 fully saturated rings. The van der Waals surface area contributed by atoms with Crippen LogP contribution in [0.25, 0.3) is 0 Å². The highest BCUT2D eigenvalue weighted by molar-refractivity contribution is 5.96. The lowest BCUT2D eigenvalue weighted by molar-refractivity contribution is 0.0463. The van der Waals surface area contributed by atoms with E-state index in [-0.39, 0.29) is 12.3 Å². The van der Waals surface area contributed by atoms with Gasteiger partial charge in [-0.05, 0) is 69.4 Å². The van der Waals surface area contributed by atoms with E-state index in [2.05, 4.69) is 10.6 Å². The van der Waals surface area contributed by atoms with Gasteiger partial charge in [-0.1, -0.05) is 60.7 Å². The molecular weight excluding hydrogens is 480 g/mol. The molecule has 8 nitrogen and oxygen atoms in total. The number of ether oxygens (including phenoxy) is 1. The minimum atomic E-state index is -0.978. The second-order valence-electron chi connectivity index (χ2n) is 10.4. The maximum atomic E-state index is 13.1. The predicted molar refractivity (Wildman–Crippen MR) is 151 cm³/mol. The molecule has 7 N–H and O–H groups in total. The summed E-state index contributed by atoms with van der Waals surface area (Å²) < 4.78 is 5.46. The number of nitrogen functional groups attached to an aromatic ring is 2. The highest BCUT2D eigenvalue weighted by Gasteiger charge is 2.28. The quantitative estimate of drug-likeness (QED) is 0.256. The number of hydrogen-bond donors (Lipinski definition) is 5. The molecule has 0 saturated carbocycles. The predicted octanol–water partition coefficient (Wildman–Crippen LogP) is 4.08. The number of carbonyl (C=O) groups excluding carboxylic acids is 2. The highest BCUT2D eigenvalue weighted by atomic mass is 16.6. The average Bonchev–Trinajstić information content (AvgIpc) is 2.85. The molecule has 3 aromatic rings. The van der Waals surface area contributed by atoms with E-state index in [1.54, 1.807) is 32.9 Å². The Labute approximate surface area is 224 Å². The zero-order valence-electron chi connectivity index (χ0n) is 22.2. The molecular formula is C30H38N4O4. The summed E-state index contributed by atoms with van der Waals surface area (Å²) in [7, 11) is 0. The molecule has 38 heavy (non-hydrogen) atoms. The van der Waals surface area contributed by atoms with Crippen molar-refractivity contribution < 1.29 is 19.4 Å². The van der Waals surface area contributed by atoms with Crippen molar-refractivity contribution in [2.45, 2.75) is 63.8 Å². The molecule has 202 valence electrons. The SMILES string of the molecule is CC(C)(C)OC(=O)N[C@@H](Cc1ccccc1)C[C@H](O)[C@H](Cc1ccccc1)NC(=O)c1ccc(N)c(N)c1. The number of anilines is 2. The van der Waals surface area contributed by atoms with Crippen molar-refractivity contribution in [1.82, 2.24) is 10.6 Å². The fourth-order valence-corrected chi connectivity index (χ4v) is 4.14. The van der Waals surface area contributed by atoms with Gasteiger partial charge in [-0.25, -0.2) is 4.79 Å². The van der Waals surface area contributed by atoms with Crippen LogP contribution in [0.15, 0.2) is 78.9 Å². The monoisotopic (exact) mass is 518 g/mol. The van der Waals surface area contributed by atoms with Crippen LogP contribution in [0.3, 0.4) is 0 Å². The number of nitrogens with one attached hydrogen (secondary N) is 2. The number of aliphatic hydroxyl groups excluding tert-OH is 1. The molecule has 8 heteroatoms. The first-order valence-electron chi connectivity index (χ1n) is 12.7. The number of alkyl carbamates (subject to hydrolysis) is 1. The smallest absolute Gasteiger partial charge is 0.407 e. The Bertz CT molecular complexity index is 1200. The summed E-state index contributed by atoms with van der Waals surface area (Å²) in [6.45, 7) is 5.38. The van der Waals surface area contributed by atoms with E-state index < -0.39 is 29.9 Å². The number of rotatable bonds is 10. The molecule has 2 amide bonds. The van der Waals surface area contributed by atoms with Crippen LogP contribution in [0.5, 0.6) is 0 Å². The Balaban J connectivity index is 1.81. The van der Waals surface area contributed by atoms with Crippen molar-refractivity contribution in [2.75, 3.05) is 11.5 Å². The molecule has 3 aromatic carbocycles. The topological polar surface area (TPSA) is 140 Å². The second kappa shape index (κ2) is 13.0. The Hall–Kier alpha value is -4.04. The normalized spacial score (nSPS) is 13.7. The summed E-state index contributed by atoms with van der Waals surface area (Å²) in [5.74, 6) is -0.378. The van der Waals surface area contributed by atoms with E-state index in [1.165, 1.54) is 6.07 Å². The molecule has 0 spiro atoms. The summed E-state index contributed by atoms with van der Waals surface area (Å²) in [5.41, 5.74) is 14.0. The summed E-state index contributed by atoms with van der Waals surface area (Å²) in [6.07, 6.45) is -0.476. The van der Waals surface area contributed by atoms with Crippen LogP contribution in [0.4, 0.5) is 16.2 Å². The maximum Gasteiger partial charge on any atom is 0.407 e. The van der Waals surface area contributed by atoms with Crippen molar-refractivity contribution >= 4 is 23.4 Å². The molecule has 3 atom stereocenters. The van der Waals surface area contributed by atoms with Gasteiger partial charge in [0.25, 0.3) is 5.91 Å². The zero-order chi connectivity index (χ0) is 27.7. The lowest BCUT2D eigenvalue weighted by atomic mass is 9.93. The fourth-order valence-electron chi connectivity index (χ4n) is 4.14. The molecule has 0 heterocycles. The number of hydrogen-bond acceptors (Lipinski definition) is 6. The lowest BCUT2D eigenvalue weighted by Gasteiger charge is -2.29. The molecule has 0 unspecified atom stereocenters. The van der Waals surface area contributed by atoms with Crippen molar-refractivity contribution in [2.24, 2.45) is 0 Å². The molecule has 0 aromatic heterocycles. The number of benzene rings is 3. The van der Waals surface area contributed by atoms with Gasteiger partial charge in [-0.3, -0.25) is 4.79 Å². The zero-order valence-corrected chi connectivity index (χ0v) is 22.2. The molecule has 0 aliphatic heterocycles. The van der Waals surface area contributed by atoms with Crippen LogP contribution in [-0.2, 0) is 17.6 Å². The van der Waals surface area contributed by atoms with Gasteiger partial charge in [0.1, 0.15) is 5.60 Å². The van der Waals surface area contributed by atoms with Crippen LogP contribution in [0.1, 0.15) is 48.7 Å². The third kappa shape index (κ3) is 9.12. The van der Waals surface area contributed by atoms with Gasteiger partial charge in [0.05, 0.1) is 23.5 Å². The second-order valence-corrected chi connectivity index (χ2v) is 10.4. The first kappa shape index (κ1) is 28.5.